The van der Waals surface area contributed by atoms with Gasteiger partial charge in [0.2, 0.25) is 0 Å². The summed E-state index contributed by atoms with van der Waals surface area (Å²) in [5.41, 5.74) is 1.60. The van der Waals surface area contributed by atoms with Crippen LogP contribution in [0, 0.1) is 12.8 Å². The van der Waals surface area contributed by atoms with Crippen LogP contribution in [0.3, 0.4) is 0 Å². The highest BCUT2D eigenvalue weighted by Gasteiger charge is 2.48. The van der Waals surface area contributed by atoms with E-state index in [4.69, 9.17) is 4.98 Å². The van der Waals surface area contributed by atoms with Crippen LogP contribution in [0.5, 0.6) is 0 Å². The second-order valence-electron chi connectivity index (χ2n) is 8.27. The Kier molecular flexibility index (Phi) is 4.69. The van der Waals surface area contributed by atoms with E-state index in [0.717, 1.165) is 43.1 Å². The van der Waals surface area contributed by atoms with Crippen molar-refractivity contribution < 1.29 is 13.5 Å². The highest BCUT2D eigenvalue weighted by atomic mass is 32.2. The second kappa shape index (κ2) is 6.65. The van der Waals surface area contributed by atoms with E-state index in [1.807, 2.05) is 6.92 Å². The molecule has 1 aliphatic carbocycles. The van der Waals surface area contributed by atoms with Gasteiger partial charge in [-0.05, 0) is 39.0 Å². The SMILES string of the molecule is Cc1nc2c(c(N3CC[C@]4(O)CCN(S(=O)(=O)N(C)C)C[C@@H]4C3)n1)CCC2. The molecule has 1 aromatic rings. The lowest BCUT2D eigenvalue weighted by atomic mass is 9.76. The largest absolute Gasteiger partial charge is 0.389 e. The molecule has 0 saturated carbocycles. The van der Waals surface area contributed by atoms with Crippen molar-refractivity contribution in [2.24, 2.45) is 5.92 Å². The zero-order valence-corrected chi connectivity index (χ0v) is 17.2. The first-order valence-corrected chi connectivity index (χ1v) is 11.1. The first kappa shape index (κ1) is 19.0. The molecule has 2 fully saturated rings. The smallest absolute Gasteiger partial charge is 0.281 e. The van der Waals surface area contributed by atoms with E-state index in [1.165, 1.54) is 14.2 Å². The third-order valence-electron chi connectivity index (χ3n) is 6.34. The third-order valence-corrected chi connectivity index (χ3v) is 8.25. The van der Waals surface area contributed by atoms with Gasteiger partial charge in [-0.25, -0.2) is 9.97 Å². The van der Waals surface area contributed by atoms with Gasteiger partial charge in [0, 0.05) is 57.4 Å². The van der Waals surface area contributed by atoms with Crippen LogP contribution in [0.4, 0.5) is 5.82 Å². The van der Waals surface area contributed by atoms with Crippen LogP contribution < -0.4 is 4.90 Å². The van der Waals surface area contributed by atoms with Gasteiger partial charge in [-0.15, -0.1) is 0 Å². The van der Waals surface area contributed by atoms with Crippen molar-refractivity contribution in [1.82, 2.24) is 18.6 Å². The zero-order valence-electron chi connectivity index (χ0n) is 16.3. The fourth-order valence-corrected chi connectivity index (χ4v) is 5.85. The van der Waals surface area contributed by atoms with Gasteiger partial charge >= 0.3 is 0 Å². The third kappa shape index (κ3) is 3.24. The summed E-state index contributed by atoms with van der Waals surface area (Å²) in [5.74, 6) is 1.65. The molecule has 2 saturated heterocycles. The van der Waals surface area contributed by atoms with Crippen LogP contribution in [0.25, 0.3) is 0 Å². The molecule has 1 aromatic heterocycles. The highest BCUT2D eigenvalue weighted by Crippen LogP contribution is 2.39. The molecule has 0 aromatic carbocycles. The molecule has 150 valence electrons. The molecule has 2 atom stereocenters. The van der Waals surface area contributed by atoms with Crippen molar-refractivity contribution in [2.45, 2.75) is 44.6 Å². The average molecular weight is 396 g/mol. The Hall–Kier alpha value is -1.29. The summed E-state index contributed by atoms with van der Waals surface area (Å²) in [4.78, 5) is 11.5. The molecule has 0 bridgehead atoms. The van der Waals surface area contributed by atoms with Gasteiger partial charge in [0.05, 0.1) is 5.60 Å². The molecule has 0 amide bonds. The molecule has 3 heterocycles. The van der Waals surface area contributed by atoms with Crippen molar-refractivity contribution in [2.75, 3.05) is 45.2 Å². The van der Waals surface area contributed by atoms with Crippen LogP contribution >= 0.6 is 0 Å². The minimum atomic E-state index is -3.46. The second-order valence-corrected chi connectivity index (χ2v) is 10.4. The molecule has 0 unspecified atom stereocenters. The Morgan fingerprint density at radius 1 is 1.15 bits per heavy atom. The number of anilines is 1. The van der Waals surface area contributed by atoms with Gasteiger partial charge in [0.1, 0.15) is 11.6 Å². The van der Waals surface area contributed by atoms with Gasteiger partial charge in [-0.2, -0.15) is 17.0 Å². The summed E-state index contributed by atoms with van der Waals surface area (Å²) in [5, 5.41) is 11.1. The van der Waals surface area contributed by atoms with E-state index in [-0.39, 0.29) is 5.92 Å². The first-order chi connectivity index (χ1) is 12.7. The van der Waals surface area contributed by atoms with Crippen LogP contribution in [-0.2, 0) is 23.1 Å². The summed E-state index contributed by atoms with van der Waals surface area (Å²) < 4.78 is 27.9. The minimum Gasteiger partial charge on any atom is -0.389 e. The van der Waals surface area contributed by atoms with Gasteiger partial charge in [-0.1, -0.05) is 0 Å². The van der Waals surface area contributed by atoms with E-state index in [0.29, 0.717) is 32.5 Å². The Morgan fingerprint density at radius 2 is 1.89 bits per heavy atom. The number of aromatic nitrogens is 2. The molecule has 0 radical (unpaired) electrons. The molecule has 9 heteroatoms. The topological polar surface area (TPSA) is 89.9 Å². The monoisotopic (exact) mass is 395 g/mol. The van der Waals surface area contributed by atoms with Crippen LogP contribution in [0.15, 0.2) is 0 Å². The lowest BCUT2D eigenvalue weighted by Gasteiger charge is -2.50. The van der Waals surface area contributed by atoms with Crippen LogP contribution in [0.2, 0.25) is 0 Å². The van der Waals surface area contributed by atoms with Crippen molar-refractivity contribution >= 4 is 16.0 Å². The molecular formula is C18H29N5O3S. The Labute approximate surface area is 161 Å². The maximum Gasteiger partial charge on any atom is 0.281 e. The summed E-state index contributed by atoms with van der Waals surface area (Å²) in [6.07, 6.45) is 4.24. The van der Waals surface area contributed by atoms with E-state index in [2.05, 4.69) is 9.88 Å². The van der Waals surface area contributed by atoms with Crippen molar-refractivity contribution in [1.29, 1.82) is 0 Å². The first-order valence-electron chi connectivity index (χ1n) is 9.72. The number of hydrogen-bond acceptors (Lipinski definition) is 6. The Bertz CT molecular complexity index is 844. The van der Waals surface area contributed by atoms with Crippen molar-refractivity contribution in [3.63, 3.8) is 0 Å². The summed E-state index contributed by atoms with van der Waals surface area (Å²) >= 11 is 0. The van der Waals surface area contributed by atoms with E-state index in [9.17, 15) is 13.5 Å². The predicted molar refractivity (Wildman–Crippen MR) is 103 cm³/mol. The molecule has 8 nitrogen and oxygen atoms in total. The number of rotatable bonds is 3. The summed E-state index contributed by atoms with van der Waals surface area (Å²) in [6, 6.07) is 0. The molecule has 27 heavy (non-hydrogen) atoms. The van der Waals surface area contributed by atoms with Gasteiger partial charge in [0.15, 0.2) is 0 Å². The number of fused-ring (bicyclic) bond motifs is 2. The Balaban J connectivity index is 1.59. The number of hydrogen-bond donors (Lipinski definition) is 1. The van der Waals surface area contributed by atoms with Crippen LogP contribution in [0.1, 0.15) is 36.3 Å². The van der Waals surface area contributed by atoms with E-state index in [1.54, 1.807) is 14.1 Å². The Morgan fingerprint density at radius 3 is 2.63 bits per heavy atom. The van der Waals surface area contributed by atoms with E-state index < -0.39 is 15.8 Å². The highest BCUT2D eigenvalue weighted by molar-refractivity contribution is 7.86. The number of aryl methyl sites for hydroxylation is 2. The normalized spacial score (nSPS) is 29.1. The molecule has 1 N–H and O–H groups in total. The zero-order chi connectivity index (χ0) is 19.4. The molecular weight excluding hydrogens is 366 g/mol. The van der Waals surface area contributed by atoms with Crippen molar-refractivity contribution in [3.8, 4) is 0 Å². The summed E-state index contributed by atoms with van der Waals surface area (Å²) in [6.45, 7) is 4.01. The van der Waals surface area contributed by atoms with Gasteiger partial charge in [-0.3, -0.25) is 0 Å². The maximum atomic E-state index is 12.5. The van der Waals surface area contributed by atoms with Crippen molar-refractivity contribution in [3.05, 3.63) is 17.1 Å². The fourth-order valence-electron chi connectivity index (χ4n) is 4.70. The molecule has 3 aliphatic rings. The number of aliphatic hydroxyl groups is 1. The minimum absolute atomic E-state index is 0.123. The lowest BCUT2D eigenvalue weighted by molar-refractivity contribution is -0.0695. The standard InChI is InChI=1S/C18H29N5O3S/c1-13-19-16-6-4-5-15(16)17(20-13)22-9-7-18(24)8-10-23(12-14(18)11-22)27(25,26)21(2)3/h14,24H,4-12H2,1-3H3/t14-,18-/m0/s1. The maximum absolute atomic E-state index is 12.5. The number of nitrogens with zero attached hydrogens (tertiary/aromatic N) is 5. The van der Waals surface area contributed by atoms with Crippen LogP contribution in [-0.4, -0.2) is 78.0 Å². The van der Waals surface area contributed by atoms with Gasteiger partial charge < -0.3 is 10.0 Å². The van der Waals surface area contributed by atoms with Gasteiger partial charge in [0.25, 0.3) is 10.2 Å². The summed E-state index contributed by atoms with van der Waals surface area (Å²) in [7, 11) is -0.361. The predicted octanol–water partition coefficient (Wildman–Crippen LogP) is 0.343. The number of piperidine rings is 2. The molecule has 4 rings (SSSR count). The average Bonchev–Trinajstić information content (AvgIpc) is 3.08. The molecule has 0 spiro atoms. The van der Waals surface area contributed by atoms with E-state index >= 15 is 0 Å². The quantitative estimate of drug-likeness (QED) is 0.794. The lowest BCUT2D eigenvalue weighted by Crippen LogP contribution is -2.61. The fraction of sp³-hybridized carbons (Fsp3) is 0.778. The molecule has 2 aliphatic heterocycles.